The van der Waals surface area contributed by atoms with Crippen molar-refractivity contribution in [1.82, 2.24) is 4.98 Å². The van der Waals surface area contributed by atoms with Crippen molar-refractivity contribution in [1.29, 1.82) is 0 Å². The first-order valence-electron chi connectivity index (χ1n) is 5.97. The Bertz CT molecular complexity index is 590. The van der Waals surface area contributed by atoms with Crippen molar-refractivity contribution >= 4 is 34.3 Å². The highest BCUT2D eigenvalue weighted by Crippen LogP contribution is 2.34. The van der Waals surface area contributed by atoms with Gasteiger partial charge in [-0.15, -0.1) is 0 Å². The molecular weight excluding hydrogens is 282 g/mol. The van der Waals surface area contributed by atoms with E-state index in [0.717, 1.165) is 11.8 Å². The zero-order valence-electron chi connectivity index (χ0n) is 11.0. The number of rotatable bonds is 3. The van der Waals surface area contributed by atoms with Crippen LogP contribution in [0.5, 0.6) is 0 Å². The molecule has 1 saturated heterocycles. The monoisotopic (exact) mass is 295 g/mol. The first kappa shape index (κ1) is 14.4. The first-order chi connectivity index (χ1) is 9.40. The summed E-state index contributed by atoms with van der Waals surface area (Å²) < 4.78 is 0. The van der Waals surface area contributed by atoms with Crippen LogP contribution in [0.1, 0.15) is 18.9 Å². The van der Waals surface area contributed by atoms with E-state index in [1.54, 1.807) is 6.92 Å². The third-order valence-corrected chi connectivity index (χ3v) is 3.95. The Morgan fingerprint density at radius 2 is 2.30 bits per heavy atom. The van der Waals surface area contributed by atoms with Crippen molar-refractivity contribution in [2.24, 2.45) is 0 Å². The molecule has 1 aliphatic heterocycles. The third-order valence-electron chi connectivity index (χ3n) is 2.97. The summed E-state index contributed by atoms with van der Waals surface area (Å²) in [6, 6.07) is 1.53. The van der Waals surface area contributed by atoms with Gasteiger partial charge in [0.15, 0.2) is 5.12 Å². The van der Waals surface area contributed by atoms with E-state index in [0.29, 0.717) is 5.56 Å². The number of carbonyl (C=O) groups excluding carboxylic acids is 2. The molecule has 0 bridgehead atoms. The van der Waals surface area contributed by atoms with E-state index in [1.807, 2.05) is 0 Å². The number of hydrogen-bond acceptors (Lipinski definition) is 6. The number of nitro groups is 1. The van der Waals surface area contributed by atoms with Gasteiger partial charge in [0.25, 0.3) is 0 Å². The van der Waals surface area contributed by atoms with Crippen molar-refractivity contribution in [3.63, 3.8) is 0 Å². The average Bonchev–Trinajstić information content (AvgIpc) is 2.68. The average molecular weight is 295 g/mol. The second kappa shape index (κ2) is 5.58. The predicted molar refractivity (Wildman–Crippen MR) is 74.7 cm³/mol. The molecule has 2 rings (SSSR count). The van der Waals surface area contributed by atoms with E-state index in [1.165, 1.54) is 24.1 Å². The Labute approximate surface area is 119 Å². The number of aromatic nitrogens is 1. The van der Waals surface area contributed by atoms with E-state index < -0.39 is 4.92 Å². The lowest BCUT2D eigenvalue weighted by atomic mass is 10.2. The van der Waals surface area contributed by atoms with Crippen molar-refractivity contribution in [2.45, 2.75) is 25.5 Å². The smallest absolute Gasteiger partial charge is 0.290 e. The lowest BCUT2D eigenvalue weighted by Gasteiger charge is -2.15. The second-order valence-electron chi connectivity index (χ2n) is 4.50. The van der Waals surface area contributed by atoms with Crippen LogP contribution in [0.3, 0.4) is 0 Å². The van der Waals surface area contributed by atoms with Crippen LogP contribution >= 0.6 is 11.8 Å². The van der Waals surface area contributed by atoms with Crippen molar-refractivity contribution in [2.75, 3.05) is 11.4 Å². The van der Waals surface area contributed by atoms with Crippen LogP contribution in [0.15, 0.2) is 12.3 Å². The fourth-order valence-corrected chi connectivity index (χ4v) is 3.07. The molecule has 1 fully saturated rings. The number of aryl methyl sites for hydroxylation is 1. The molecule has 106 valence electrons. The fourth-order valence-electron chi connectivity index (χ4n) is 2.15. The normalized spacial score (nSPS) is 18.4. The minimum absolute atomic E-state index is 0.0617. The molecule has 0 aromatic carbocycles. The number of anilines is 1. The summed E-state index contributed by atoms with van der Waals surface area (Å²) in [5.41, 5.74) is 0.296. The zero-order valence-corrected chi connectivity index (χ0v) is 11.8. The number of amides is 1. The number of pyridine rings is 1. The van der Waals surface area contributed by atoms with Crippen LogP contribution in [-0.4, -0.2) is 32.7 Å². The molecule has 1 atom stereocenters. The maximum atomic E-state index is 12.0. The van der Waals surface area contributed by atoms with E-state index >= 15 is 0 Å². The summed E-state index contributed by atoms with van der Waals surface area (Å²) in [5, 5.41) is 10.9. The molecule has 0 N–H and O–H groups in total. The fraction of sp³-hybridized carbons (Fsp3) is 0.417. The van der Waals surface area contributed by atoms with E-state index in [2.05, 4.69) is 4.98 Å². The Balaban J connectivity index is 2.33. The van der Waals surface area contributed by atoms with Gasteiger partial charge in [-0.1, -0.05) is 11.8 Å². The standard InChI is InChI=1S/C12H13N3O4S/c1-7-3-4-13-12(11(7)15(18)19)14-6-9(5-10(14)17)20-8(2)16/h3-4,9H,5-6H2,1-2H3. The van der Waals surface area contributed by atoms with Crippen LogP contribution in [0, 0.1) is 17.0 Å². The molecular formula is C12H13N3O4S. The van der Waals surface area contributed by atoms with Crippen LogP contribution in [0.4, 0.5) is 11.5 Å². The van der Waals surface area contributed by atoms with Gasteiger partial charge >= 0.3 is 5.69 Å². The number of thioether (sulfide) groups is 1. The van der Waals surface area contributed by atoms with Crippen LogP contribution in [0.25, 0.3) is 0 Å². The first-order valence-corrected chi connectivity index (χ1v) is 6.85. The van der Waals surface area contributed by atoms with Gasteiger partial charge in [0, 0.05) is 36.9 Å². The predicted octanol–water partition coefficient (Wildman–Crippen LogP) is 1.68. The number of nitrogens with zero attached hydrogens (tertiary/aromatic N) is 3. The molecule has 1 amide bonds. The van der Waals surface area contributed by atoms with Crippen molar-refractivity contribution in [3.05, 3.63) is 27.9 Å². The Morgan fingerprint density at radius 1 is 1.60 bits per heavy atom. The minimum Gasteiger partial charge on any atom is -0.290 e. The van der Waals surface area contributed by atoms with Gasteiger partial charge in [0.05, 0.1) is 4.92 Å². The molecule has 2 heterocycles. The Morgan fingerprint density at radius 3 is 2.90 bits per heavy atom. The minimum atomic E-state index is -0.531. The molecule has 1 aliphatic rings. The number of hydrogen-bond donors (Lipinski definition) is 0. The highest BCUT2D eigenvalue weighted by Gasteiger charge is 2.36. The lowest BCUT2D eigenvalue weighted by Crippen LogP contribution is -2.27. The van der Waals surface area contributed by atoms with Crippen LogP contribution in [0.2, 0.25) is 0 Å². The molecule has 1 aromatic heterocycles. The molecule has 1 aromatic rings. The van der Waals surface area contributed by atoms with Gasteiger partial charge in [-0.05, 0) is 13.0 Å². The highest BCUT2D eigenvalue weighted by atomic mass is 32.2. The SMILES string of the molecule is CC(=O)SC1CC(=O)N(c2nccc(C)c2[N+](=O)[O-])C1. The summed E-state index contributed by atoms with van der Waals surface area (Å²) in [6.45, 7) is 3.30. The largest absolute Gasteiger partial charge is 0.314 e. The zero-order chi connectivity index (χ0) is 14.9. The van der Waals surface area contributed by atoms with Gasteiger partial charge < -0.3 is 0 Å². The summed E-state index contributed by atoms with van der Waals surface area (Å²) in [7, 11) is 0. The number of carbonyl (C=O) groups is 2. The quantitative estimate of drug-likeness (QED) is 0.622. The highest BCUT2D eigenvalue weighted by molar-refractivity contribution is 8.14. The van der Waals surface area contributed by atoms with Gasteiger partial charge in [-0.25, -0.2) is 4.98 Å². The van der Waals surface area contributed by atoms with Crippen molar-refractivity contribution in [3.8, 4) is 0 Å². The Hall–Kier alpha value is -1.96. The summed E-state index contributed by atoms with van der Waals surface area (Å²) in [4.78, 5) is 39.0. The second-order valence-corrected chi connectivity index (χ2v) is 5.97. The topological polar surface area (TPSA) is 93.4 Å². The van der Waals surface area contributed by atoms with Gasteiger partial charge in [0.2, 0.25) is 11.7 Å². The molecule has 20 heavy (non-hydrogen) atoms. The molecule has 8 heteroatoms. The molecule has 0 aliphatic carbocycles. The maximum absolute atomic E-state index is 12.0. The summed E-state index contributed by atoms with van der Waals surface area (Å²) in [6.07, 6.45) is 1.63. The molecule has 0 spiro atoms. The summed E-state index contributed by atoms with van der Waals surface area (Å²) in [5.74, 6) is -0.184. The lowest BCUT2D eigenvalue weighted by molar-refractivity contribution is -0.384. The maximum Gasteiger partial charge on any atom is 0.314 e. The van der Waals surface area contributed by atoms with Crippen LogP contribution in [-0.2, 0) is 9.59 Å². The van der Waals surface area contributed by atoms with E-state index in [9.17, 15) is 19.7 Å². The van der Waals surface area contributed by atoms with Crippen molar-refractivity contribution < 1.29 is 14.5 Å². The third kappa shape index (κ3) is 2.79. The van der Waals surface area contributed by atoms with E-state index in [4.69, 9.17) is 0 Å². The van der Waals surface area contributed by atoms with E-state index in [-0.39, 0.29) is 40.7 Å². The molecule has 7 nitrogen and oxygen atoms in total. The molecule has 0 radical (unpaired) electrons. The van der Waals surface area contributed by atoms with Gasteiger partial charge in [-0.2, -0.15) is 0 Å². The molecule has 1 unspecified atom stereocenters. The van der Waals surface area contributed by atoms with Gasteiger partial charge in [0.1, 0.15) is 0 Å². The van der Waals surface area contributed by atoms with Crippen LogP contribution < -0.4 is 4.90 Å². The van der Waals surface area contributed by atoms with Gasteiger partial charge in [-0.3, -0.25) is 24.6 Å². The molecule has 0 saturated carbocycles. The Kier molecular flexibility index (Phi) is 4.03. The summed E-state index contributed by atoms with van der Waals surface area (Å²) >= 11 is 1.08.